The molecule has 15 rings (SSSR count). The normalized spacial score (nSPS) is 12.0. The van der Waals surface area contributed by atoms with Gasteiger partial charge in [-0.05, 0) is 154 Å². The van der Waals surface area contributed by atoms with Crippen LogP contribution in [0.3, 0.4) is 0 Å². The van der Waals surface area contributed by atoms with E-state index in [4.69, 9.17) is 22.1 Å². The first-order valence-electron chi connectivity index (χ1n) is 23.5. The van der Waals surface area contributed by atoms with Gasteiger partial charge in [0.1, 0.15) is 44.7 Å². The maximum atomic E-state index is 6.42. The van der Waals surface area contributed by atoms with Crippen molar-refractivity contribution in [2.45, 2.75) is 26.7 Å². The molecule has 0 saturated carbocycles. The SMILES string of the molecule is CCCC.c1cc2c(cn1)oc1ccc(-c3ccc4oc5ccc(-c6ccc7oc8ccc(-c9ccc%10oc%11ccc(-c%12ccc%13oc%14cnccc%14c%13c%12)cc%11c%10c9)cc8c7c6)cc5c4c3)cc12. The van der Waals surface area contributed by atoms with Crippen LogP contribution in [-0.2, 0) is 0 Å². The zero-order valence-corrected chi connectivity index (χ0v) is 37.7. The third kappa shape index (κ3) is 6.35. The summed E-state index contributed by atoms with van der Waals surface area (Å²) in [4.78, 5) is 8.47. The van der Waals surface area contributed by atoms with Gasteiger partial charge in [0, 0.05) is 66.3 Å². The average Bonchev–Trinajstić information content (AvgIpc) is 4.23. The van der Waals surface area contributed by atoms with Gasteiger partial charge in [0.05, 0.1) is 12.4 Å². The number of rotatable bonds is 5. The van der Waals surface area contributed by atoms with E-state index in [0.717, 1.165) is 154 Å². The Kier molecular flexibility index (Phi) is 8.70. The fourth-order valence-electron chi connectivity index (χ4n) is 10.0. The van der Waals surface area contributed by atoms with E-state index in [9.17, 15) is 0 Å². The lowest BCUT2D eigenvalue weighted by molar-refractivity contribution is 0.666. The molecule has 15 aromatic rings. The fraction of sp³-hybridized carbons (Fsp3) is 0.0645. The molecule has 0 saturated heterocycles. The van der Waals surface area contributed by atoms with Gasteiger partial charge in [0.2, 0.25) is 0 Å². The van der Waals surface area contributed by atoms with Crippen LogP contribution in [0, 0.1) is 0 Å². The monoisotopic (exact) mass is 892 g/mol. The summed E-state index contributed by atoms with van der Waals surface area (Å²) in [5.41, 5.74) is 17.2. The Labute approximate surface area is 393 Å². The summed E-state index contributed by atoms with van der Waals surface area (Å²) in [6.07, 6.45) is 9.79. The Morgan fingerprint density at radius 1 is 0.246 bits per heavy atom. The minimum atomic E-state index is 0.787. The highest BCUT2D eigenvalue weighted by Crippen LogP contribution is 2.41. The van der Waals surface area contributed by atoms with Crippen LogP contribution in [0.25, 0.3) is 154 Å². The average molecular weight is 893 g/mol. The quantitative estimate of drug-likeness (QED) is 0.170. The Balaban J connectivity index is 0.00000108. The van der Waals surface area contributed by atoms with Crippen molar-refractivity contribution < 1.29 is 22.1 Å². The highest BCUT2D eigenvalue weighted by Gasteiger charge is 2.17. The number of hydrogen-bond acceptors (Lipinski definition) is 7. The third-order valence-electron chi connectivity index (χ3n) is 13.8. The van der Waals surface area contributed by atoms with Gasteiger partial charge in [-0.3, -0.25) is 9.97 Å². The molecule has 7 heteroatoms. The molecule has 0 fully saturated rings. The smallest absolute Gasteiger partial charge is 0.153 e. The standard InChI is InChI=1S/C58H30N2O5.C4H10/c1-9-49-41(39-17-19-59-29-57(39)64-49)21-31(1)33-3-11-51-43(23-33)45-25-35(5-13-53(45)61-51)37-7-15-55-47(27-37)48-28-38(8-16-56(48)63-55)36-6-14-54-46(26-36)44-24-34(4-12-52(44)62-54)32-2-10-50-42(22-32)40-18-20-60-30-58(40)65-50;1-3-4-2/h1-30H;3-4H2,1-2H3. The summed E-state index contributed by atoms with van der Waals surface area (Å²) in [7, 11) is 0. The molecule has 0 radical (unpaired) electrons. The van der Waals surface area contributed by atoms with Gasteiger partial charge in [0.15, 0.2) is 11.2 Å². The second-order valence-corrected chi connectivity index (χ2v) is 17.9. The summed E-state index contributed by atoms with van der Waals surface area (Å²) in [6, 6.07) is 55.4. The van der Waals surface area contributed by atoms with Crippen LogP contribution < -0.4 is 0 Å². The van der Waals surface area contributed by atoms with Crippen molar-refractivity contribution in [3.05, 3.63) is 183 Å². The number of nitrogens with zero attached hydrogens (tertiary/aromatic N) is 2. The molecule has 0 amide bonds. The number of furan rings is 5. The van der Waals surface area contributed by atoms with Gasteiger partial charge in [0.25, 0.3) is 0 Å². The minimum Gasteiger partial charge on any atom is -0.456 e. The predicted octanol–water partition coefficient (Wildman–Crippen LogP) is 18.4. The summed E-state index contributed by atoms with van der Waals surface area (Å²) < 4.78 is 31.3. The van der Waals surface area contributed by atoms with E-state index in [2.05, 4.69) is 157 Å². The zero-order chi connectivity index (χ0) is 45.7. The van der Waals surface area contributed by atoms with Crippen molar-refractivity contribution >= 4 is 110 Å². The number of pyridine rings is 2. The maximum Gasteiger partial charge on any atom is 0.153 e. The van der Waals surface area contributed by atoms with E-state index in [1.165, 1.54) is 12.8 Å². The van der Waals surface area contributed by atoms with Gasteiger partial charge in [-0.15, -0.1) is 0 Å². The molecule has 0 spiro atoms. The topological polar surface area (TPSA) is 91.5 Å². The molecule has 7 heterocycles. The highest BCUT2D eigenvalue weighted by molar-refractivity contribution is 6.13. The fourth-order valence-corrected chi connectivity index (χ4v) is 10.0. The number of fused-ring (bicyclic) bond motifs is 15. The lowest BCUT2D eigenvalue weighted by Gasteiger charge is -2.05. The summed E-state index contributed by atoms with van der Waals surface area (Å²) >= 11 is 0. The zero-order valence-electron chi connectivity index (χ0n) is 37.7. The molecular weight excluding hydrogens is 853 g/mol. The summed E-state index contributed by atoms with van der Waals surface area (Å²) in [5.74, 6) is 0. The molecule has 7 nitrogen and oxygen atoms in total. The van der Waals surface area contributed by atoms with Crippen LogP contribution in [0.4, 0.5) is 0 Å². The van der Waals surface area contributed by atoms with Crippen LogP contribution in [0.2, 0.25) is 0 Å². The van der Waals surface area contributed by atoms with E-state index >= 15 is 0 Å². The van der Waals surface area contributed by atoms with Gasteiger partial charge < -0.3 is 22.1 Å². The van der Waals surface area contributed by atoms with Crippen molar-refractivity contribution in [1.82, 2.24) is 9.97 Å². The van der Waals surface area contributed by atoms with Crippen LogP contribution >= 0.6 is 0 Å². The number of hydrogen-bond donors (Lipinski definition) is 0. The first-order valence-corrected chi connectivity index (χ1v) is 23.5. The number of unbranched alkanes of at least 4 members (excludes halogenated alkanes) is 1. The first-order chi connectivity index (χ1) is 34.0. The third-order valence-corrected chi connectivity index (χ3v) is 13.8. The Morgan fingerprint density at radius 2 is 0.449 bits per heavy atom. The van der Waals surface area contributed by atoms with E-state index in [1.807, 2.05) is 24.3 Å². The predicted molar refractivity (Wildman–Crippen MR) is 281 cm³/mol. The van der Waals surface area contributed by atoms with Gasteiger partial charge in [-0.25, -0.2) is 0 Å². The molecule has 0 aliphatic heterocycles. The maximum absolute atomic E-state index is 6.42. The molecule has 0 aliphatic carbocycles. The van der Waals surface area contributed by atoms with Crippen LogP contribution in [0.15, 0.2) is 205 Å². The first kappa shape index (κ1) is 39.2. The van der Waals surface area contributed by atoms with E-state index in [1.54, 1.807) is 24.8 Å². The van der Waals surface area contributed by atoms with Crippen molar-refractivity contribution in [2.24, 2.45) is 0 Å². The summed E-state index contributed by atoms with van der Waals surface area (Å²) in [5, 5.41) is 10.7. The molecular formula is C62H40N2O5. The molecule has 0 bridgehead atoms. The molecule has 7 aromatic heterocycles. The van der Waals surface area contributed by atoms with Gasteiger partial charge in [-0.1, -0.05) is 75.2 Å². The summed E-state index contributed by atoms with van der Waals surface area (Å²) in [6.45, 7) is 4.36. The molecule has 0 N–H and O–H groups in total. The highest BCUT2D eigenvalue weighted by atomic mass is 16.3. The van der Waals surface area contributed by atoms with Crippen molar-refractivity contribution in [3.63, 3.8) is 0 Å². The molecule has 0 aliphatic rings. The minimum absolute atomic E-state index is 0.787. The van der Waals surface area contributed by atoms with Crippen molar-refractivity contribution in [2.75, 3.05) is 0 Å². The molecule has 0 atom stereocenters. The largest absolute Gasteiger partial charge is 0.456 e. The number of benzene rings is 8. The van der Waals surface area contributed by atoms with Crippen LogP contribution in [0.1, 0.15) is 26.7 Å². The molecule has 69 heavy (non-hydrogen) atoms. The molecule has 0 unspecified atom stereocenters. The van der Waals surface area contributed by atoms with Crippen molar-refractivity contribution in [1.29, 1.82) is 0 Å². The van der Waals surface area contributed by atoms with Crippen LogP contribution in [-0.4, -0.2) is 9.97 Å². The Hall–Kier alpha value is -8.94. The number of aromatic nitrogens is 2. The Morgan fingerprint density at radius 3 is 0.667 bits per heavy atom. The van der Waals surface area contributed by atoms with Crippen LogP contribution in [0.5, 0.6) is 0 Å². The lowest BCUT2D eigenvalue weighted by atomic mass is 9.97. The van der Waals surface area contributed by atoms with E-state index in [0.29, 0.717) is 0 Å². The Bertz CT molecular complexity index is 4250. The van der Waals surface area contributed by atoms with Gasteiger partial charge >= 0.3 is 0 Å². The second-order valence-electron chi connectivity index (χ2n) is 17.9. The van der Waals surface area contributed by atoms with E-state index < -0.39 is 0 Å². The molecule has 328 valence electrons. The van der Waals surface area contributed by atoms with E-state index in [-0.39, 0.29) is 0 Å². The second kappa shape index (κ2) is 15.3. The van der Waals surface area contributed by atoms with Gasteiger partial charge in [-0.2, -0.15) is 0 Å². The lowest BCUT2D eigenvalue weighted by Crippen LogP contribution is -1.80. The van der Waals surface area contributed by atoms with Crippen molar-refractivity contribution in [3.8, 4) is 44.5 Å². The molecule has 8 aromatic carbocycles.